The Hall–Kier alpha value is -1.44. The number of ketones is 2. The molecular weight excluding hydrogens is 260 g/mol. The van der Waals surface area contributed by atoms with Crippen molar-refractivity contribution in [2.45, 2.75) is 53.4 Å². The molecule has 114 valence electrons. The average molecular weight is 286 g/mol. The zero-order valence-electron chi connectivity index (χ0n) is 13.6. The lowest BCUT2D eigenvalue weighted by molar-refractivity contribution is 0.0382. The molecule has 2 rings (SSSR count). The van der Waals surface area contributed by atoms with E-state index in [-0.39, 0.29) is 23.4 Å². The van der Waals surface area contributed by atoms with E-state index in [0.717, 1.165) is 25.7 Å². The second-order valence-corrected chi connectivity index (χ2v) is 6.10. The number of carbonyl (C=O) groups is 2. The second-order valence-electron chi connectivity index (χ2n) is 6.10. The predicted molar refractivity (Wildman–Crippen MR) is 85.7 cm³/mol. The smallest absolute Gasteiger partial charge is 0.178 e. The molecular formula is C19H26O2. The average Bonchev–Trinajstić information content (AvgIpc) is 2.74. The first-order chi connectivity index (χ1) is 10.1. The van der Waals surface area contributed by atoms with Gasteiger partial charge < -0.3 is 0 Å². The van der Waals surface area contributed by atoms with Gasteiger partial charge in [0.05, 0.1) is 0 Å². The highest BCUT2D eigenvalue weighted by Crippen LogP contribution is 2.52. The van der Waals surface area contributed by atoms with E-state index in [2.05, 4.69) is 27.7 Å². The molecule has 0 N–H and O–H groups in total. The lowest BCUT2D eigenvalue weighted by atomic mass is 9.60. The van der Waals surface area contributed by atoms with Crippen molar-refractivity contribution in [2.24, 2.45) is 17.3 Å². The Morgan fingerprint density at radius 2 is 1.10 bits per heavy atom. The maximum Gasteiger partial charge on any atom is 0.178 e. The third-order valence-electron chi connectivity index (χ3n) is 5.43. The maximum absolute atomic E-state index is 13.2. The monoisotopic (exact) mass is 286 g/mol. The van der Waals surface area contributed by atoms with Crippen LogP contribution < -0.4 is 0 Å². The zero-order valence-corrected chi connectivity index (χ0v) is 13.6. The third kappa shape index (κ3) is 2.07. The van der Waals surface area contributed by atoms with Crippen LogP contribution in [0.25, 0.3) is 0 Å². The van der Waals surface area contributed by atoms with E-state index >= 15 is 0 Å². The van der Waals surface area contributed by atoms with Crippen LogP contribution in [0, 0.1) is 17.3 Å². The molecule has 0 saturated carbocycles. The summed E-state index contributed by atoms with van der Waals surface area (Å²) in [5, 5.41) is 0. The Bertz CT molecular complexity index is 487. The van der Waals surface area contributed by atoms with Crippen LogP contribution in [0.3, 0.4) is 0 Å². The van der Waals surface area contributed by atoms with Gasteiger partial charge in [0.15, 0.2) is 11.6 Å². The van der Waals surface area contributed by atoms with Gasteiger partial charge in [0.1, 0.15) is 5.41 Å². The summed E-state index contributed by atoms with van der Waals surface area (Å²) in [4.78, 5) is 26.5. The molecule has 0 heterocycles. The molecule has 0 unspecified atom stereocenters. The maximum atomic E-state index is 13.2. The number of rotatable bonds is 6. The van der Waals surface area contributed by atoms with Gasteiger partial charge >= 0.3 is 0 Å². The molecule has 0 fully saturated rings. The van der Waals surface area contributed by atoms with Gasteiger partial charge in [0, 0.05) is 11.1 Å². The topological polar surface area (TPSA) is 34.1 Å². The first kappa shape index (κ1) is 15.9. The first-order valence-electron chi connectivity index (χ1n) is 8.27. The van der Waals surface area contributed by atoms with Crippen LogP contribution in [0.5, 0.6) is 0 Å². The van der Waals surface area contributed by atoms with Crippen molar-refractivity contribution in [1.29, 1.82) is 0 Å². The van der Waals surface area contributed by atoms with Gasteiger partial charge in [-0.2, -0.15) is 0 Å². The minimum Gasteiger partial charge on any atom is -0.293 e. The molecule has 21 heavy (non-hydrogen) atoms. The highest BCUT2D eigenvalue weighted by molar-refractivity contribution is 6.29. The Labute approximate surface area is 127 Å². The molecule has 0 atom stereocenters. The summed E-state index contributed by atoms with van der Waals surface area (Å²) in [6, 6.07) is 7.37. The summed E-state index contributed by atoms with van der Waals surface area (Å²) in [6.07, 6.45) is 3.49. The van der Waals surface area contributed by atoms with Crippen LogP contribution in [-0.4, -0.2) is 11.6 Å². The van der Waals surface area contributed by atoms with E-state index in [4.69, 9.17) is 0 Å². The fourth-order valence-corrected chi connectivity index (χ4v) is 4.37. The van der Waals surface area contributed by atoms with E-state index in [0.29, 0.717) is 11.1 Å². The number of fused-ring (bicyclic) bond motifs is 1. The first-order valence-corrected chi connectivity index (χ1v) is 8.27. The molecule has 0 bridgehead atoms. The molecule has 1 aromatic rings. The Kier molecular flexibility index (Phi) is 4.65. The summed E-state index contributed by atoms with van der Waals surface area (Å²) in [5.74, 6) is 0.417. The van der Waals surface area contributed by atoms with Gasteiger partial charge in [0.2, 0.25) is 0 Å². The van der Waals surface area contributed by atoms with E-state index in [1.54, 1.807) is 0 Å². The Morgan fingerprint density at radius 1 is 0.762 bits per heavy atom. The summed E-state index contributed by atoms with van der Waals surface area (Å²) in [5.41, 5.74) is 0.457. The van der Waals surface area contributed by atoms with Gasteiger partial charge in [0.25, 0.3) is 0 Å². The number of hydrogen-bond donors (Lipinski definition) is 0. The zero-order chi connectivity index (χ0) is 15.6. The van der Waals surface area contributed by atoms with Crippen molar-refractivity contribution < 1.29 is 9.59 Å². The Balaban J connectivity index is 2.68. The summed E-state index contributed by atoms with van der Waals surface area (Å²) >= 11 is 0. The van der Waals surface area contributed by atoms with Gasteiger partial charge in [-0.05, 0) is 11.8 Å². The van der Waals surface area contributed by atoms with Gasteiger partial charge in [-0.25, -0.2) is 0 Å². The molecule has 0 amide bonds. The highest BCUT2D eigenvalue weighted by atomic mass is 16.2. The van der Waals surface area contributed by atoms with Crippen LogP contribution in [0.1, 0.15) is 74.1 Å². The van der Waals surface area contributed by atoms with Crippen LogP contribution >= 0.6 is 0 Å². The van der Waals surface area contributed by atoms with Crippen molar-refractivity contribution >= 4 is 11.6 Å². The van der Waals surface area contributed by atoms with Gasteiger partial charge in [-0.3, -0.25) is 9.59 Å². The van der Waals surface area contributed by atoms with Crippen molar-refractivity contribution in [3.05, 3.63) is 35.4 Å². The molecule has 1 aliphatic carbocycles. The SMILES string of the molecule is CCC(CC)C1(C(CC)CC)C(=O)c2ccccc2C1=O. The quantitative estimate of drug-likeness (QED) is 0.695. The number of hydrogen-bond acceptors (Lipinski definition) is 2. The lowest BCUT2D eigenvalue weighted by Gasteiger charge is -2.40. The van der Waals surface area contributed by atoms with Crippen molar-refractivity contribution in [2.75, 3.05) is 0 Å². The molecule has 0 aliphatic heterocycles. The molecule has 0 aromatic heterocycles. The van der Waals surface area contributed by atoms with Crippen LogP contribution in [0.4, 0.5) is 0 Å². The third-order valence-corrected chi connectivity index (χ3v) is 5.43. The molecule has 0 spiro atoms. The summed E-state index contributed by atoms with van der Waals surface area (Å²) in [6.45, 7) is 8.40. The van der Waals surface area contributed by atoms with Crippen molar-refractivity contribution in [3.63, 3.8) is 0 Å². The lowest BCUT2D eigenvalue weighted by Crippen LogP contribution is -2.47. The molecule has 2 heteroatoms. The molecule has 1 aliphatic rings. The Morgan fingerprint density at radius 3 is 1.38 bits per heavy atom. The van der Waals surface area contributed by atoms with Crippen LogP contribution in [-0.2, 0) is 0 Å². The van der Waals surface area contributed by atoms with E-state index in [1.165, 1.54) is 0 Å². The number of carbonyl (C=O) groups excluding carboxylic acids is 2. The van der Waals surface area contributed by atoms with Gasteiger partial charge in [-0.1, -0.05) is 77.6 Å². The van der Waals surface area contributed by atoms with Crippen LogP contribution in [0.15, 0.2) is 24.3 Å². The summed E-state index contributed by atoms with van der Waals surface area (Å²) in [7, 11) is 0. The second kappa shape index (κ2) is 6.13. The largest absolute Gasteiger partial charge is 0.293 e. The van der Waals surface area contributed by atoms with Gasteiger partial charge in [-0.15, -0.1) is 0 Å². The fraction of sp³-hybridized carbons (Fsp3) is 0.579. The number of benzene rings is 1. The van der Waals surface area contributed by atoms with E-state index in [1.807, 2.05) is 24.3 Å². The molecule has 2 nitrogen and oxygen atoms in total. The number of Topliss-reactive ketones (excluding diaryl/α,β-unsaturated/α-hetero) is 2. The highest BCUT2D eigenvalue weighted by Gasteiger charge is 2.59. The van der Waals surface area contributed by atoms with E-state index < -0.39 is 5.41 Å². The predicted octanol–water partition coefficient (Wildman–Crippen LogP) is 4.92. The van der Waals surface area contributed by atoms with Crippen molar-refractivity contribution in [1.82, 2.24) is 0 Å². The standard InChI is InChI=1S/C19H26O2/c1-5-13(6-2)19(14(7-3)8-4)17(20)15-11-9-10-12-16(15)18(19)21/h9-14H,5-8H2,1-4H3. The fourth-order valence-electron chi connectivity index (χ4n) is 4.37. The molecule has 0 radical (unpaired) electrons. The normalized spacial score (nSPS) is 16.9. The minimum atomic E-state index is -0.823. The van der Waals surface area contributed by atoms with Crippen molar-refractivity contribution in [3.8, 4) is 0 Å². The minimum absolute atomic E-state index is 0.0745. The molecule has 0 saturated heterocycles. The van der Waals surface area contributed by atoms with E-state index in [9.17, 15) is 9.59 Å². The molecule has 1 aromatic carbocycles. The van der Waals surface area contributed by atoms with Crippen LogP contribution in [0.2, 0.25) is 0 Å². The summed E-state index contributed by atoms with van der Waals surface area (Å²) < 4.78 is 0.